The van der Waals surface area contributed by atoms with E-state index in [1.165, 1.54) is 0 Å². The minimum Gasteiger partial charge on any atom is -0.327 e. The van der Waals surface area contributed by atoms with Gasteiger partial charge in [0.2, 0.25) is 5.82 Å². The van der Waals surface area contributed by atoms with Crippen LogP contribution in [0.15, 0.2) is 0 Å². The molecule has 1 fully saturated rings. The van der Waals surface area contributed by atoms with E-state index in [1.807, 2.05) is 0 Å². The summed E-state index contributed by atoms with van der Waals surface area (Å²) in [5.74, 6) is -9.48. The van der Waals surface area contributed by atoms with Crippen molar-refractivity contribution in [2.24, 2.45) is 5.73 Å². The Labute approximate surface area is 107 Å². The molecule has 1 heterocycles. The molecule has 1 atom stereocenters. The van der Waals surface area contributed by atoms with Crippen LogP contribution in [0.1, 0.15) is 18.4 Å². The van der Waals surface area contributed by atoms with Crippen molar-refractivity contribution in [1.29, 1.82) is 0 Å². The maximum absolute atomic E-state index is 13.5. The van der Waals surface area contributed by atoms with Crippen molar-refractivity contribution >= 4 is 0 Å². The number of piperidine rings is 1. The second-order valence-electron chi connectivity index (χ2n) is 4.69. The lowest BCUT2D eigenvalue weighted by atomic mass is 10.1. The first-order chi connectivity index (χ1) is 8.91. The predicted molar refractivity (Wildman–Crippen MR) is 58.7 cm³/mol. The molecule has 1 aromatic rings. The molecule has 0 aliphatic carbocycles. The highest BCUT2D eigenvalue weighted by atomic mass is 19.2. The van der Waals surface area contributed by atoms with E-state index in [1.54, 1.807) is 4.90 Å². The first kappa shape index (κ1) is 14.2. The third-order valence-electron chi connectivity index (χ3n) is 3.22. The molecule has 0 amide bonds. The molecule has 1 saturated heterocycles. The van der Waals surface area contributed by atoms with Gasteiger partial charge in [-0.1, -0.05) is 0 Å². The van der Waals surface area contributed by atoms with Crippen molar-refractivity contribution in [2.45, 2.75) is 25.4 Å². The lowest BCUT2D eigenvalue weighted by molar-refractivity contribution is 0.194. The monoisotopic (exact) mass is 280 g/mol. The number of hydrogen-bond acceptors (Lipinski definition) is 2. The number of benzene rings is 1. The molecule has 106 valence electrons. The molecule has 2 N–H and O–H groups in total. The van der Waals surface area contributed by atoms with Gasteiger partial charge in [-0.3, -0.25) is 4.90 Å². The van der Waals surface area contributed by atoms with Crippen LogP contribution in [0.4, 0.5) is 22.0 Å². The van der Waals surface area contributed by atoms with E-state index in [0.29, 0.717) is 13.1 Å². The summed E-state index contributed by atoms with van der Waals surface area (Å²) >= 11 is 0. The van der Waals surface area contributed by atoms with Crippen LogP contribution in [0.5, 0.6) is 0 Å². The van der Waals surface area contributed by atoms with E-state index in [4.69, 9.17) is 5.73 Å². The van der Waals surface area contributed by atoms with Gasteiger partial charge in [-0.05, 0) is 19.4 Å². The van der Waals surface area contributed by atoms with E-state index in [0.717, 1.165) is 12.8 Å². The van der Waals surface area contributed by atoms with Gasteiger partial charge >= 0.3 is 0 Å². The molecule has 7 heteroatoms. The zero-order valence-electron chi connectivity index (χ0n) is 10.0. The Kier molecular flexibility index (Phi) is 4.05. The van der Waals surface area contributed by atoms with Crippen LogP contribution in [-0.4, -0.2) is 24.0 Å². The number of hydrogen-bond donors (Lipinski definition) is 1. The molecule has 2 rings (SSSR count). The number of likely N-dealkylation sites (tertiary alicyclic amines) is 1. The van der Waals surface area contributed by atoms with E-state index >= 15 is 0 Å². The lowest BCUT2D eigenvalue weighted by Gasteiger charge is -2.30. The molecule has 0 unspecified atom stereocenters. The van der Waals surface area contributed by atoms with Crippen LogP contribution in [0.25, 0.3) is 0 Å². The highest BCUT2D eigenvalue weighted by molar-refractivity contribution is 5.24. The molecule has 1 aliphatic heterocycles. The molecule has 1 aromatic carbocycles. The zero-order chi connectivity index (χ0) is 14.2. The highest BCUT2D eigenvalue weighted by Gasteiger charge is 2.27. The van der Waals surface area contributed by atoms with Gasteiger partial charge in [0, 0.05) is 24.7 Å². The first-order valence-electron chi connectivity index (χ1n) is 5.90. The van der Waals surface area contributed by atoms with Gasteiger partial charge in [-0.2, -0.15) is 0 Å². The molecule has 0 aromatic heterocycles. The molecule has 0 saturated carbocycles. The molecular weight excluding hydrogens is 267 g/mol. The molecule has 1 aliphatic rings. The second-order valence-corrected chi connectivity index (χ2v) is 4.69. The zero-order valence-corrected chi connectivity index (χ0v) is 10.0. The Morgan fingerprint density at radius 3 is 2.00 bits per heavy atom. The van der Waals surface area contributed by atoms with Gasteiger partial charge in [-0.15, -0.1) is 0 Å². The Bertz CT molecular complexity index is 462. The van der Waals surface area contributed by atoms with E-state index in [-0.39, 0.29) is 12.6 Å². The predicted octanol–water partition coefficient (Wildman–Crippen LogP) is 2.31. The minimum absolute atomic E-state index is 0.144. The molecule has 2 nitrogen and oxygen atoms in total. The Morgan fingerprint density at radius 1 is 0.947 bits per heavy atom. The third kappa shape index (κ3) is 2.71. The number of rotatable bonds is 2. The van der Waals surface area contributed by atoms with Gasteiger partial charge < -0.3 is 5.73 Å². The molecule has 0 spiro atoms. The van der Waals surface area contributed by atoms with Crippen LogP contribution < -0.4 is 5.73 Å². The van der Waals surface area contributed by atoms with Crippen LogP contribution in [-0.2, 0) is 6.54 Å². The van der Waals surface area contributed by atoms with Crippen LogP contribution in [0, 0.1) is 29.1 Å². The van der Waals surface area contributed by atoms with Gasteiger partial charge in [-0.25, -0.2) is 22.0 Å². The van der Waals surface area contributed by atoms with Gasteiger partial charge in [0.25, 0.3) is 0 Å². The van der Waals surface area contributed by atoms with Crippen LogP contribution in [0.2, 0.25) is 0 Å². The lowest BCUT2D eigenvalue weighted by Crippen LogP contribution is -2.42. The summed E-state index contributed by atoms with van der Waals surface area (Å²) in [6, 6.07) is -0.144. The topological polar surface area (TPSA) is 29.3 Å². The fourth-order valence-corrected chi connectivity index (χ4v) is 2.25. The summed E-state index contributed by atoms with van der Waals surface area (Å²) in [6.07, 6.45) is 1.52. The fourth-order valence-electron chi connectivity index (χ4n) is 2.25. The van der Waals surface area contributed by atoms with Crippen molar-refractivity contribution in [3.63, 3.8) is 0 Å². The minimum atomic E-state index is -2.13. The van der Waals surface area contributed by atoms with Gasteiger partial charge in [0.05, 0.1) is 0 Å². The summed E-state index contributed by atoms with van der Waals surface area (Å²) in [5.41, 5.74) is 4.90. The number of nitrogens with two attached hydrogens (primary N) is 1. The van der Waals surface area contributed by atoms with Crippen LogP contribution in [0.3, 0.4) is 0 Å². The average Bonchev–Trinajstić information content (AvgIpc) is 2.39. The van der Waals surface area contributed by atoms with Crippen molar-refractivity contribution in [1.82, 2.24) is 4.90 Å². The normalized spacial score (nSPS) is 20.8. The van der Waals surface area contributed by atoms with E-state index in [2.05, 4.69) is 0 Å². The van der Waals surface area contributed by atoms with Crippen molar-refractivity contribution < 1.29 is 22.0 Å². The van der Waals surface area contributed by atoms with E-state index < -0.39 is 34.6 Å². The molecule has 0 radical (unpaired) electrons. The summed E-state index contributed by atoms with van der Waals surface area (Å²) in [6.45, 7) is 0.562. The van der Waals surface area contributed by atoms with Crippen molar-refractivity contribution in [3.8, 4) is 0 Å². The van der Waals surface area contributed by atoms with Gasteiger partial charge in [0.15, 0.2) is 23.3 Å². The SMILES string of the molecule is N[C@@H]1CCCN(Cc2c(F)c(F)c(F)c(F)c2F)C1. The summed E-state index contributed by atoms with van der Waals surface area (Å²) < 4.78 is 65.9. The quantitative estimate of drug-likeness (QED) is 0.512. The standard InChI is InChI=1S/C12H13F5N2/c13-8-7(5-19-3-1-2-6(18)4-19)9(14)11(16)12(17)10(8)15/h6H,1-5,18H2/t6-/m1/s1. The van der Waals surface area contributed by atoms with Crippen molar-refractivity contribution in [2.75, 3.05) is 13.1 Å². The van der Waals surface area contributed by atoms with Crippen LogP contribution >= 0.6 is 0 Å². The maximum atomic E-state index is 13.5. The molecule has 0 bridgehead atoms. The maximum Gasteiger partial charge on any atom is 0.200 e. The fraction of sp³-hybridized carbons (Fsp3) is 0.500. The smallest absolute Gasteiger partial charge is 0.200 e. The summed E-state index contributed by atoms with van der Waals surface area (Å²) in [5, 5.41) is 0. The second kappa shape index (κ2) is 5.42. The van der Waals surface area contributed by atoms with Crippen molar-refractivity contribution in [3.05, 3.63) is 34.6 Å². The number of nitrogens with zero attached hydrogens (tertiary/aromatic N) is 1. The third-order valence-corrected chi connectivity index (χ3v) is 3.22. The Balaban J connectivity index is 2.30. The van der Waals surface area contributed by atoms with Gasteiger partial charge in [0.1, 0.15) is 0 Å². The summed E-state index contributed by atoms with van der Waals surface area (Å²) in [4.78, 5) is 1.59. The Hall–Kier alpha value is -1.21. The molecular formula is C12H13F5N2. The average molecular weight is 280 g/mol. The Morgan fingerprint density at radius 2 is 1.47 bits per heavy atom. The number of halogens is 5. The van der Waals surface area contributed by atoms with E-state index in [9.17, 15) is 22.0 Å². The largest absolute Gasteiger partial charge is 0.327 e. The highest BCUT2D eigenvalue weighted by Crippen LogP contribution is 2.25. The first-order valence-corrected chi connectivity index (χ1v) is 5.90. The molecule has 19 heavy (non-hydrogen) atoms. The summed E-state index contributed by atoms with van der Waals surface area (Å²) in [7, 11) is 0.